The highest BCUT2D eigenvalue weighted by Crippen LogP contribution is 2.11. The van der Waals surface area contributed by atoms with Crippen molar-refractivity contribution in [2.24, 2.45) is 5.41 Å². The Hall–Kier alpha value is 1.14. The Labute approximate surface area is 99.6 Å². The van der Waals surface area contributed by atoms with Crippen LogP contribution in [0.1, 0.15) is 0 Å². The van der Waals surface area contributed by atoms with Crippen molar-refractivity contribution in [3.05, 3.63) is 0 Å². The number of hydrogen-bond acceptors (Lipinski definition) is 4. The molecule has 0 heterocycles. The standard InChI is InChI=1S/C5H12O4.3ClH.P/c6-1-5(2-7,3-8)4-9;;;;/h6-9H,1-4H2;3*1H;. The monoisotopic (exact) mass is 275 g/mol. The first-order chi connectivity index (χ1) is 4.24. The van der Waals surface area contributed by atoms with E-state index in [9.17, 15) is 0 Å². The normalized spacial score (nSPS) is 8.31. The van der Waals surface area contributed by atoms with Crippen LogP contribution in [0.5, 0.6) is 0 Å². The molecule has 13 heavy (non-hydrogen) atoms. The molecule has 0 aromatic heterocycles. The summed E-state index contributed by atoms with van der Waals surface area (Å²) in [5.74, 6) is 0. The van der Waals surface area contributed by atoms with E-state index in [1.807, 2.05) is 0 Å². The van der Waals surface area contributed by atoms with Gasteiger partial charge in [0.25, 0.3) is 0 Å². The van der Waals surface area contributed by atoms with E-state index >= 15 is 0 Å². The fourth-order valence-corrected chi connectivity index (χ4v) is 0.300. The molecule has 0 aromatic carbocycles. The number of hydrogen-bond donors (Lipinski definition) is 4. The van der Waals surface area contributed by atoms with Crippen molar-refractivity contribution in [1.29, 1.82) is 0 Å². The van der Waals surface area contributed by atoms with Gasteiger partial charge in [-0.25, -0.2) is 0 Å². The van der Waals surface area contributed by atoms with Crippen LogP contribution in [0.2, 0.25) is 0 Å². The van der Waals surface area contributed by atoms with Gasteiger partial charge >= 0.3 is 0 Å². The molecule has 0 amide bonds. The van der Waals surface area contributed by atoms with E-state index in [0.29, 0.717) is 0 Å². The minimum Gasteiger partial charge on any atom is -0.396 e. The summed E-state index contributed by atoms with van der Waals surface area (Å²) in [4.78, 5) is 0. The van der Waals surface area contributed by atoms with Crippen LogP contribution >= 0.6 is 47.1 Å². The molecule has 0 unspecified atom stereocenters. The summed E-state index contributed by atoms with van der Waals surface area (Å²) in [5.41, 5.74) is -1.11. The molecule has 3 radical (unpaired) electrons. The van der Waals surface area contributed by atoms with Crippen LogP contribution < -0.4 is 0 Å². The van der Waals surface area contributed by atoms with Crippen molar-refractivity contribution in [3.8, 4) is 0 Å². The largest absolute Gasteiger partial charge is 0.396 e. The van der Waals surface area contributed by atoms with Crippen molar-refractivity contribution in [1.82, 2.24) is 0 Å². The van der Waals surface area contributed by atoms with Crippen LogP contribution in [-0.4, -0.2) is 46.9 Å². The predicted molar refractivity (Wildman–Crippen MR) is 59.4 cm³/mol. The first-order valence-electron chi connectivity index (χ1n) is 2.68. The molecule has 0 aliphatic heterocycles. The summed E-state index contributed by atoms with van der Waals surface area (Å²) in [7, 11) is 0. The molecule has 0 aromatic rings. The maximum atomic E-state index is 8.50. The zero-order valence-corrected chi connectivity index (χ0v) is 10.1. The van der Waals surface area contributed by atoms with Gasteiger partial charge in [-0.15, -0.1) is 37.2 Å². The highest BCUT2D eigenvalue weighted by Gasteiger charge is 2.26. The predicted octanol–water partition coefficient (Wildman–Crippen LogP) is 0.0686. The summed E-state index contributed by atoms with van der Waals surface area (Å²) in [6, 6.07) is 0. The molecule has 4 N–H and O–H groups in total. The van der Waals surface area contributed by atoms with Crippen LogP contribution in [0.4, 0.5) is 0 Å². The molecule has 0 rings (SSSR count). The van der Waals surface area contributed by atoms with Crippen LogP contribution in [0, 0.1) is 5.41 Å². The Morgan fingerprint density at radius 1 is 0.615 bits per heavy atom. The molecule has 0 atom stereocenters. The van der Waals surface area contributed by atoms with E-state index in [1.54, 1.807) is 0 Å². The third-order valence-electron chi connectivity index (χ3n) is 1.34. The highest BCUT2D eigenvalue weighted by atomic mass is 35.5. The number of halogens is 3. The molecular formula is C5H15Cl3O4P. The van der Waals surface area contributed by atoms with Crippen molar-refractivity contribution in [2.45, 2.75) is 0 Å². The third-order valence-corrected chi connectivity index (χ3v) is 1.34. The number of aliphatic hydroxyl groups excluding tert-OH is 4. The van der Waals surface area contributed by atoms with E-state index in [-0.39, 0.29) is 47.1 Å². The second-order valence-corrected chi connectivity index (χ2v) is 2.13. The lowest BCUT2D eigenvalue weighted by Gasteiger charge is -2.23. The molecule has 0 fully saturated rings. The minimum atomic E-state index is -1.11. The van der Waals surface area contributed by atoms with Gasteiger partial charge in [-0.3, -0.25) is 0 Å². The second-order valence-electron chi connectivity index (χ2n) is 2.13. The maximum Gasteiger partial charge on any atom is 0.0627 e. The van der Waals surface area contributed by atoms with Crippen molar-refractivity contribution >= 4 is 47.1 Å². The molecule has 0 aliphatic rings. The van der Waals surface area contributed by atoms with E-state index in [0.717, 1.165) is 0 Å². The van der Waals surface area contributed by atoms with Gasteiger partial charge in [-0.05, 0) is 0 Å². The van der Waals surface area contributed by atoms with Gasteiger partial charge in [0.2, 0.25) is 0 Å². The third kappa shape index (κ3) is 9.44. The Balaban J connectivity index is -0.0000000533. The fraction of sp³-hybridized carbons (Fsp3) is 1.00. The maximum absolute atomic E-state index is 8.50. The second kappa shape index (κ2) is 15.6. The van der Waals surface area contributed by atoms with Gasteiger partial charge in [-0.2, -0.15) is 0 Å². The summed E-state index contributed by atoms with van der Waals surface area (Å²) < 4.78 is 0. The fourth-order valence-electron chi connectivity index (χ4n) is 0.300. The average Bonchev–Trinajstić information content (AvgIpc) is 1.95. The Morgan fingerprint density at radius 2 is 0.769 bits per heavy atom. The molecule has 0 aliphatic carbocycles. The van der Waals surface area contributed by atoms with Crippen molar-refractivity contribution < 1.29 is 20.4 Å². The highest BCUT2D eigenvalue weighted by molar-refractivity contribution is 6.92. The SMILES string of the molecule is Cl.Cl.Cl.OCC(CO)(CO)CO.[P]. The quantitative estimate of drug-likeness (QED) is 0.548. The molecule has 85 valence electrons. The van der Waals surface area contributed by atoms with Crippen LogP contribution in [0.15, 0.2) is 0 Å². The van der Waals surface area contributed by atoms with Gasteiger partial charge in [0, 0.05) is 9.90 Å². The smallest absolute Gasteiger partial charge is 0.0627 e. The van der Waals surface area contributed by atoms with E-state index in [2.05, 4.69) is 0 Å². The molecule has 4 nitrogen and oxygen atoms in total. The first kappa shape index (κ1) is 29.2. The molecule has 8 heteroatoms. The summed E-state index contributed by atoms with van der Waals surface area (Å²) in [6.07, 6.45) is 0. The molecular weight excluding hydrogens is 261 g/mol. The minimum absolute atomic E-state index is 0. The number of aliphatic hydroxyl groups is 4. The lowest BCUT2D eigenvalue weighted by atomic mass is 9.93. The molecule has 0 saturated heterocycles. The summed E-state index contributed by atoms with van der Waals surface area (Å²) in [6.45, 7) is -1.62. The zero-order valence-electron chi connectivity index (χ0n) is 6.79. The Bertz CT molecular complexity index is 66.7. The summed E-state index contributed by atoms with van der Waals surface area (Å²) >= 11 is 0. The van der Waals surface area contributed by atoms with Gasteiger partial charge in [0.05, 0.1) is 31.8 Å². The van der Waals surface area contributed by atoms with E-state index in [1.165, 1.54) is 0 Å². The van der Waals surface area contributed by atoms with Crippen LogP contribution in [0.25, 0.3) is 0 Å². The zero-order chi connectivity index (χ0) is 7.33. The summed E-state index contributed by atoms with van der Waals surface area (Å²) in [5, 5.41) is 34.0. The Kier molecular flexibility index (Phi) is 35.1. The molecule has 0 bridgehead atoms. The lowest BCUT2D eigenvalue weighted by Crippen LogP contribution is -2.37. The lowest BCUT2D eigenvalue weighted by molar-refractivity contribution is -0.0328. The van der Waals surface area contributed by atoms with Gasteiger partial charge < -0.3 is 20.4 Å². The van der Waals surface area contributed by atoms with Crippen LogP contribution in [0.3, 0.4) is 0 Å². The van der Waals surface area contributed by atoms with Crippen molar-refractivity contribution in [2.75, 3.05) is 26.4 Å². The van der Waals surface area contributed by atoms with Crippen LogP contribution in [-0.2, 0) is 0 Å². The van der Waals surface area contributed by atoms with E-state index < -0.39 is 31.8 Å². The van der Waals surface area contributed by atoms with Gasteiger partial charge in [0.15, 0.2) is 0 Å². The average molecular weight is 277 g/mol. The molecule has 0 saturated carbocycles. The molecule has 0 spiro atoms. The van der Waals surface area contributed by atoms with E-state index in [4.69, 9.17) is 20.4 Å². The van der Waals surface area contributed by atoms with Gasteiger partial charge in [0.1, 0.15) is 0 Å². The topological polar surface area (TPSA) is 80.9 Å². The van der Waals surface area contributed by atoms with Crippen molar-refractivity contribution in [3.63, 3.8) is 0 Å². The Morgan fingerprint density at radius 3 is 0.769 bits per heavy atom. The van der Waals surface area contributed by atoms with Gasteiger partial charge in [-0.1, -0.05) is 0 Å². The number of rotatable bonds is 4. The first-order valence-corrected chi connectivity index (χ1v) is 2.68.